The first kappa shape index (κ1) is 25.6. The smallest absolute Gasteiger partial charge is 0.407 e. The monoisotopic (exact) mass is 552 g/mol. The number of fused-ring (bicyclic) bond motifs is 1. The Kier molecular flexibility index (Phi) is 6.91. The van der Waals surface area contributed by atoms with Crippen molar-refractivity contribution in [2.75, 3.05) is 26.7 Å². The van der Waals surface area contributed by atoms with E-state index in [2.05, 4.69) is 10.7 Å². The summed E-state index contributed by atoms with van der Waals surface area (Å²) in [6.07, 6.45) is -0.515. The number of cyclic esters (lactones) is 1. The van der Waals surface area contributed by atoms with Crippen molar-refractivity contribution < 1.29 is 27.8 Å². The van der Waals surface area contributed by atoms with Crippen LogP contribution in [0.5, 0.6) is 5.75 Å². The average molecular weight is 553 g/mol. The first-order valence-electron chi connectivity index (χ1n) is 11.7. The number of ether oxygens (including phenoxy) is 2. The number of likely N-dealkylation sites (tertiary alicyclic amines) is 1. The molecule has 37 heavy (non-hydrogen) atoms. The average Bonchev–Trinajstić information content (AvgIpc) is 3.41. The van der Waals surface area contributed by atoms with Crippen LogP contribution in [-0.4, -0.2) is 66.8 Å². The van der Waals surface area contributed by atoms with Crippen LogP contribution >= 0.6 is 23.2 Å². The van der Waals surface area contributed by atoms with E-state index in [-0.39, 0.29) is 46.0 Å². The molecule has 2 saturated heterocycles. The summed E-state index contributed by atoms with van der Waals surface area (Å²) in [5.74, 6) is -1.43. The fraction of sp³-hybridized carbons (Fsp3) is 0.360. The fourth-order valence-electron chi connectivity index (χ4n) is 5.05. The molecule has 0 aromatic heterocycles. The lowest BCUT2D eigenvalue weighted by atomic mass is 9.89. The van der Waals surface area contributed by atoms with Gasteiger partial charge in [-0.3, -0.25) is 4.79 Å². The number of hydrazine groups is 1. The summed E-state index contributed by atoms with van der Waals surface area (Å²) in [5, 5.41) is 4.65. The number of nitrogens with zero attached hydrogens (tertiary/aromatic N) is 2. The molecule has 3 aliphatic heterocycles. The molecule has 0 bridgehead atoms. The van der Waals surface area contributed by atoms with E-state index < -0.39 is 23.8 Å². The van der Waals surface area contributed by atoms with Gasteiger partial charge in [-0.2, -0.15) is 0 Å². The molecule has 2 aromatic carbocycles. The zero-order valence-corrected chi connectivity index (χ0v) is 21.5. The lowest BCUT2D eigenvalue weighted by molar-refractivity contribution is 0.0618. The summed E-state index contributed by atoms with van der Waals surface area (Å²) >= 11 is 12.9. The Hall–Kier alpha value is -3.08. The van der Waals surface area contributed by atoms with Gasteiger partial charge in [0.2, 0.25) is 0 Å². The number of amides is 2. The first-order chi connectivity index (χ1) is 17.6. The van der Waals surface area contributed by atoms with Gasteiger partial charge in [0.15, 0.2) is 6.10 Å². The van der Waals surface area contributed by atoms with Crippen molar-refractivity contribution in [1.82, 2.24) is 20.7 Å². The van der Waals surface area contributed by atoms with Crippen molar-refractivity contribution in [2.24, 2.45) is 0 Å². The number of halogens is 4. The van der Waals surface area contributed by atoms with Crippen LogP contribution < -0.4 is 15.5 Å². The van der Waals surface area contributed by atoms with Crippen molar-refractivity contribution in [1.29, 1.82) is 0 Å². The van der Waals surface area contributed by atoms with Gasteiger partial charge >= 0.3 is 6.09 Å². The molecule has 2 fully saturated rings. The van der Waals surface area contributed by atoms with Gasteiger partial charge in [0, 0.05) is 36.3 Å². The Morgan fingerprint density at radius 1 is 1.19 bits per heavy atom. The Labute approximate surface area is 222 Å². The quantitative estimate of drug-likeness (QED) is 0.577. The SMILES string of the molecule is C[C@@H]1C2NN(C)C(c3cc(F)cc(F)c3)=C2CCN1C(=O)c1cc(Cl)cc(OC[C@@H]2CNC(=O)O2)c1Cl. The van der Waals surface area contributed by atoms with Crippen molar-refractivity contribution in [3.63, 3.8) is 0 Å². The minimum atomic E-state index is -0.656. The Morgan fingerprint density at radius 2 is 1.92 bits per heavy atom. The van der Waals surface area contributed by atoms with Crippen LogP contribution in [0.3, 0.4) is 0 Å². The van der Waals surface area contributed by atoms with Crippen molar-refractivity contribution in [3.05, 3.63) is 68.7 Å². The van der Waals surface area contributed by atoms with Crippen molar-refractivity contribution >= 4 is 40.9 Å². The van der Waals surface area contributed by atoms with E-state index in [9.17, 15) is 18.4 Å². The van der Waals surface area contributed by atoms with E-state index in [1.165, 1.54) is 24.3 Å². The zero-order valence-electron chi connectivity index (χ0n) is 20.0. The van der Waals surface area contributed by atoms with Crippen molar-refractivity contribution in [3.8, 4) is 5.75 Å². The van der Waals surface area contributed by atoms with Crippen LogP contribution in [0.2, 0.25) is 10.0 Å². The number of nitrogens with one attached hydrogen (secondary N) is 2. The van der Waals surface area contributed by atoms with Crippen LogP contribution in [0.15, 0.2) is 35.9 Å². The predicted molar refractivity (Wildman–Crippen MR) is 133 cm³/mol. The van der Waals surface area contributed by atoms with Gasteiger partial charge in [-0.05, 0) is 37.1 Å². The van der Waals surface area contributed by atoms with Gasteiger partial charge in [0.25, 0.3) is 5.91 Å². The molecular formula is C25H24Cl2F2N4O4. The molecule has 3 atom stereocenters. The van der Waals surface area contributed by atoms with E-state index in [4.69, 9.17) is 32.7 Å². The number of alkyl carbamates (subject to hydrolysis) is 1. The maximum atomic E-state index is 13.9. The van der Waals surface area contributed by atoms with Crippen LogP contribution in [0.1, 0.15) is 29.3 Å². The molecule has 2 amide bonds. The molecule has 2 N–H and O–H groups in total. The molecule has 1 unspecified atom stereocenters. The normalized spacial score (nSPS) is 23.2. The maximum absolute atomic E-state index is 13.9. The van der Waals surface area contributed by atoms with E-state index in [0.717, 1.165) is 11.6 Å². The van der Waals surface area contributed by atoms with E-state index in [0.29, 0.717) is 30.8 Å². The zero-order chi connectivity index (χ0) is 26.4. The van der Waals surface area contributed by atoms with Gasteiger partial charge in [-0.25, -0.2) is 19.0 Å². The second-order valence-electron chi connectivity index (χ2n) is 9.17. The number of hydrogen-bond acceptors (Lipinski definition) is 6. The Morgan fingerprint density at radius 3 is 2.59 bits per heavy atom. The summed E-state index contributed by atoms with van der Waals surface area (Å²) in [7, 11) is 1.77. The van der Waals surface area contributed by atoms with Crippen LogP contribution in [-0.2, 0) is 4.74 Å². The van der Waals surface area contributed by atoms with Crippen LogP contribution in [0, 0.1) is 11.6 Å². The standard InChI is InChI=1S/C25H24Cl2F2N4O4/c1-12-22-18(23(32(2)31-22)13-5-15(28)9-16(29)6-13)3-4-33(12)24(34)19-7-14(26)8-20(21(19)27)36-11-17-10-30-25(35)37-17/h5-9,12,17,22,31H,3-4,10-11H2,1-2H3,(H,30,35)/t12-,17+,22?/m1/s1. The molecule has 0 saturated carbocycles. The summed E-state index contributed by atoms with van der Waals surface area (Å²) in [6.45, 7) is 2.61. The molecule has 2 aromatic rings. The summed E-state index contributed by atoms with van der Waals surface area (Å²) in [6, 6.07) is 5.85. The lowest BCUT2D eigenvalue weighted by Gasteiger charge is -2.39. The Bertz CT molecular complexity index is 1290. The molecular weight excluding hydrogens is 529 g/mol. The third kappa shape index (κ3) is 4.93. The molecule has 8 nitrogen and oxygen atoms in total. The third-order valence-electron chi connectivity index (χ3n) is 6.75. The highest BCUT2D eigenvalue weighted by atomic mass is 35.5. The number of carbonyl (C=O) groups excluding carboxylic acids is 2. The third-order valence-corrected chi connectivity index (χ3v) is 7.36. The van der Waals surface area contributed by atoms with E-state index in [1.807, 2.05) is 6.92 Å². The van der Waals surface area contributed by atoms with Crippen LogP contribution in [0.4, 0.5) is 13.6 Å². The number of hydrogen-bond donors (Lipinski definition) is 2. The Balaban J connectivity index is 1.38. The fourth-order valence-corrected chi connectivity index (χ4v) is 5.51. The number of carbonyl (C=O) groups is 2. The molecule has 12 heteroatoms. The van der Waals surface area contributed by atoms with Gasteiger partial charge in [0.1, 0.15) is 24.0 Å². The molecule has 196 valence electrons. The van der Waals surface area contributed by atoms with Gasteiger partial charge in [-0.1, -0.05) is 23.2 Å². The number of rotatable bonds is 5. The summed E-state index contributed by atoms with van der Waals surface area (Å²) < 4.78 is 38.6. The second-order valence-corrected chi connectivity index (χ2v) is 9.99. The highest BCUT2D eigenvalue weighted by Gasteiger charge is 2.41. The molecule has 5 rings (SSSR count). The minimum Gasteiger partial charge on any atom is -0.488 e. The topological polar surface area (TPSA) is 83.1 Å². The summed E-state index contributed by atoms with van der Waals surface area (Å²) in [4.78, 5) is 26.6. The highest BCUT2D eigenvalue weighted by molar-refractivity contribution is 6.37. The predicted octanol–water partition coefficient (Wildman–Crippen LogP) is 4.22. The van der Waals surface area contributed by atoms with E-state index >= 15 is 0 Å². The van der Waals surface area contributed by atoms with E-state index in [1.54, 1.807) is 17.0 Å². The highest BCUT2D eigenvalue weighted by Crippen LogP contribution is 2.39. The van der Waals surface area contributed by atoms with Crippen LogP contribution in [0.25, 0.3) is 5.70 Å². The molecule has 0 aliphatic carbocycles. The molecule has 0 spiro atoms. The first-order valence-corrected chi connectivity index (χ1v) is 12.4. The molecule has 0 radical (unpaired) electrons. The lowest BCUT2D eigenvalue weighted by Crippen LogP contribution is -2.55. The summed E-state index contributed by atoms with van der Waals surface area (Å²) in [5.41, 5.74) is 5.58. The molecule has 3 aliphatic rings. The second kappa shape index (κ2) is 10.00. The number of piperidine rings is 1. The van der Waals surface area contributed by atoms with Gasteiger partial charge in [-0.15, -0.1) is 0 Å². The van der Waals surface area contributed by atoms with Gasteiger partial charge < -0.3 is 24.7 Å². The minimum absolute atomic E-state index is 0.0441. The van der Waals surface area contributed by atoms with Crippen molar-refractivity contribution in [2.45, 2.75) is 31.5 Å². The largest absolute Gasteiger partial charge is 0.488 e. The maximum Gasteiger partial charge on any atom is 0.407 e. The number of benzene rings is 2. The molecule has 3 heterocycles. The van der Waals surface area contributed by atoms with Gasteiger partial charge in [0.05, 0.1) is 34.9 Å².